The van der Waals surface area contributed by atoms with Crippen molar-refractivity contribution in [2.24, 2.45) is 0 Å². The number of hydrogen-bond donors (Lipinski definition) is 1. The molecular formula is C20H24N8O. The Labute approximate surface area is 169 Å². The van der Waals surface area contributed by atoms with Gasteiger partial charge in [0.15, 0.2) is 0 Å². The highest BCUT2D eigenvalue weighted by Crippen LogP contribution is 2.10. The molecule has 4 heterocycles. The van der Waals surface area contributed by atoms with E-state index in [1.165, 1.54) is 0 Å². The molecule has 29 heavy (non-hydrogen) atoms. The summed E-state index contributed by atoms with van der Waals surface area (Å²) in [4.78, 5) is 33.8. The molecule has 0 unspecified atom stereocenters. The number of imidazole rings is 1. The van der Waals surface area contributed by atoms with Crippen molar-refractivity contribution >= 4 is 11.9 Å². The molecule has 9 heteroatoms. The zero-order valence-electron chi connectivity index (χ0n) is 16.2. The minimum atomic E-state index is -0.0965. The molecule has 0 spiro atoms. The smallest absolute Gasteiger partial charge is 0.252 e. The van der Waals surface area contributed by atoms with E-state index in [2.05, 4.69) is 35.1 Å². The Bertz CT molecular complexity index is 890. The standard InChI is InChI=1S/C20H24N8O/c29-19(17-3-4-18(25-15-17)28-10-8-21-16-28)22-7-2-9-26-11-13-27(14-12-26)20-23-5-1-6-24-20/h1,3-6,8,10,15-16H,2,7,9,11-14H2,(H,22,29). The van der Waals surface area contributed by atoms with E-state index in [1.54, 1.807) is 41.7 Å². The lowest BCUT2D eigenvalue weighted by Crippen LogP contribution is -2.47. The van der Waals surface area contributed by atoms with Crippen LogP contribution in [0.3, 0.4) is 0 Å². The number of hydrogen-bond acceptors (Lipinski definition) is 7. The van der Waals surface area contributed by atoms with Crippen LogP contribution in [0.15, 0.2) is 55.5 Å². The van der Waals surface area contributed by atoms with Gasteiger partial charge in [-0.15, -0.1) is 0 Å². The summed E-state index contributed by atoms with van der Waals surface area (Å²) in [7, 11) is 0. The van der Waals surface area contributed by atoms with E-state index in [4.69, 9.17) is 0 Å². The Hall–Kier alpha value is -3.33. The molecule has 1 amide bonds. The molecule has 0 saturated carbocycles. The third kappa shape index (κ3) is 4.94. The van der Waals surface area contributed by atoms with Gasteiger partial charge in [-0.3, -0.25) is 14.3 Å². The molecule has 0 radical (unpaired) electrons. The fourth-order valence-corrected chi connectivity index (χ4v) is 3.30. The molecule has 150 valence electrons. The number of carbonyl (C=O) groups excluding carboxylic acids is 1. The van der Waals surface area contributed by atoms with Crippen LogP contribution in [-0.2, 0) is 0 Å². The zero-order valence-corrected chi connectivity index (χ0v) is 16.2. The summed E-state index contributed by atoms with van der Waals surface area (Å²) < 4.78 is 1.80. The Kier molecular flexibility index (Phi) is 6.06. The molecule has 1 saturated heterocycles. The number of amides is 1. The summed E-state index contributed by atoms with van der Waals surface area (Å²) in [6, 6.07) is 5.42. The first kappa shape index (κ1) is 19.0. The van der Waals surface area contributed by atoms with E-state index in [-0.39, 0.29) is 5.91 Å². The van der Waals surface area contributed by atoms with Crippen molar-refractivity contribution in [3.8, 4) is 5.82 Å². The van der Waals surface area contributed by atoms with E-state index in [1.807, 2.05) is 18.3 Å². The number of nitrogens with one attached hydrogen (secondary N) is 1. The Morgan fingerprint density at radius 2 is 1.86 bits per heavy atom. The molecule has 0 aromatic carbocycles. The van der Waals surface area contributed by atoms with Gasteiger partial charge in [0.05, 0.1) is 5.56 Å². The molecule has 3 aromatic heterocycles. The van der Waals surface area contributed by atoms with Gasteiger partial charge in [0.25, 0.3) is 5.91 Å². The average Bonchev–Trinajstić information content (AvgIpc) is 3.33. The molecule has 4 rings (SSSR count). The third-order valence-electron chi connectivity index (χ3n) is 4.92. The maximum absolute atomic E-state index is 12.3. The van der Waals surface area contributed by atoms with Crippen LogP contribution >= 0.6 is 0 Å². The first-order valence-electron chi connectivity index (χ1n) is 9.76. The van der Waals surface area contributed by atoms with Gasteiger partial charge in [-0.1, -0.05) is 0 Å². The monoisotopic (exact) mass is 392 g/mol. The van der Waals surface area contributed by atoms with Crippen molar-refractivity contribution in [2.75, 3.05) is 44.2 Å². The lowest BCUT2D eigenvalue weighted by atomic mass is 10.2. The van der Waals surface area contributed by atoms with Crippen LogP contribution in [0.1, 0.15) is 16.8 Å². The SMILES string of the molecule is O=C(NCCCN1CCN(c2ncccn2)CC1)c1ccc(-n2ccnc2)nc1. The normalized spacial score (nSPS) is 14.7. The highest BCUT2D eigenvalue weighted by atomic mass is 16.1. The molecule has 1 aliphatic rings. The Balaban J connectivity index is 1.16. The van der Waals surface area contributed by atoms with Crippen molar-refractivity contribution in [1.82, 2.24) is 34.7 Å². The van der Waals surface area contributed by atoms with Crippen LogP contribution in [0.4, 0.5) is 5.95 Å². The van der Waals surface area contributed by atoms with Gasteiger partial charge in [0.1, 0.15) is 12.1 Å². The quantitative estimate of drug-likeness (QED) is 0.600. The molecule has 3 aromatic rings. The van der Waals surface area contributed by atoms with Crippen LogP contribution in [0.25, 0.3) is 5.82 Å². The number of nitrogens with zero attached hydrogens (tertiary/aromatic N) is 7. The molecule has 1 fully saturated rings. The van der Waals surface area contributed by atoms with Gasteiger partial charge in [-0.05, 0) is 31.2 Å². The summed E-state index contributed by atoms with van der Waals surface area (Å²) in [6.07, 6.45) is 11.2. The number of carbonyl (C=O) groups is 1. The van der Waals surface area contributed by atoms with Crippen molar-refractivity contribution in [3.63, 3.8) is 0 Å². The Morgan fingerprint density at radius 3 is 2.55 bits per heavy atom. The molecule has 0 aliphatic carbocycles. The van der Waals surface area contributed by atoms with Gasteiger partial charge in [-0.25, -0.2) is 19.9 Å². The second-order valence-electron chi connectivity index (χ2n) is 6.86. The molecule has 1 aliphatic heterocycles. The van der Waals surface area contributed by atoms with Gasteiger partial charge < -0.3 is 10.2 Å². The number of aromatic nitrogens is 5. The Morgan fingerprint density at radius 1 is 1.03 bits per heavy atom. The maximum Gasteiger partial charge on any atom is 0.252 e. The molecule has 0 bridgehead atoms. The van der Waals surface area contributed by atoms with E-state index in [0.717, 1.165) is 50.9 Å². The fourth-order valence-electron chi connectivity index (χ4n) is 3.30. The maximum atomic E-state index is 12.3. The molecular weight excluding hydrogens is 368 g/mol. The van der Waals surface area contributed by atoms with Crippen LogP contribution in [0.2, 0.25) is 0 Å². The number of piperazine rings is 1. The van der Waals surface area contributed by atoms with Crippen LogP contribution in [-0.4, -0.2) is 74.6 Å². The van der Waals surface area contributed by atoms with Gasteiger partial charge >= 0.3 is 0 Å². The molecule has 0 atom stereocenters. The fraction of sp³-hybridized carbons (Fsp3) is 0.350. The van der Waals surface area contributed by atoms with Crippen molar-refractivity contribution < 1.29 is 4.79 Å². The van der Waals surface area contributed by atoms with E-state index in [9.17, 15) is 4.79 Å². The minimum absolute atomic E-state index is 0.0965. The second-order valence-corrected chi connectivity index (χ2v) is 6.86. The minimum Gasteiger partial charge on any atom is -0.352 e. The predicted octanol–water partition coefficient (Wildman–Crippen LogP) is 0.999. The second kappa shape index (κ2) is 9.24. The molecule has 1 N–H and O–H groups in total. The number of rotatable bonds is 7. The van der Waals surface area contributed by atoms with Crippen molar-refractivity contribution in [3.05, 3.63) is 61.1 Å². The molecule has 9 nitrogen and oxygen atoms in total. The van der Waals surface area contributed by atoms with Crippen LogP contribution in [0, 0.1) is 0 Å². The van der Waals surface area contributed by atoms with E-state index < -0.39 is 0 Å². The van der Waals surface area contributed by atoms with Gasteiger partial charge in [0.2, 0.25) is 5.95 Å². The van der Waals surface area contributed by atoms with Crippen molar-refractivity contribution in [2.45, 2.75) is 6.42 Å². The third-order valence-corrected chi connectivity index (χ3v) is 4.92. The number of anilines is 1. The topological polar surface area (TPSA) is 92.1 Å². The van der Waals surface area contributed by atoms with Gasteiger partial charge in [-0.2, -0.15) is 0 Å². The highest BCUT2D eigenvalue weighted by Gasteiger charge is 2.18. The van der Waals surface area contributed by atoms with E-state index in [0.29, 0.717) is 12.1 Å². The summed E-state index contributed by atoms with van der Waals surface area (Å²) in [6.45, 7) is 5.40. The van der Waals surface area contributed by atoms with Crippen LogP contribution < -0.4 is 10.2 Å². The summed E-state index contributed by atoms with van der Waals surface area (Å²) >= 11 is 0. The zero-order chi connectivity index (χ0) is 19.9. The highest BCUT2D eigenvalue weighted by molar-refractivity contribution is 5.93. The largest absolute Gasteiger partial charge is 0.352 e. The van der Waals surface area contributed by atoms with Crippen molar-refractivity contribution in [1.29, 1.82) is 0 Å². The average molecular weight is 392 g/mol. The first-order chi connectivity index (χ1) is 14.3. The van der Waals surface area contributed by atoms with Gasteiger partial charge in [0, 0.05) is 63.7 Å². The first-order valence-corrected chi connectivity index (χ1v) is 9.76. The lowest BCUT2D eigenvalue weighted by Gasteiger charge is -2.34. The summed E-state index contributed by atoms with van der Waals surface area (Å²) in [5, 5.41) is 2.97. The van der Waals surface area contributed by atoms with Crippen LogP contribution in [0.5, 0.6) is 0 Å². The lowest BCUT2D eigenvalue weighted by molar-refractivity contribution is 0.0951. The summed E-state index contributed by atoms with van der Waals surface area (Å²) in [5.41, 5.74) is 0.561. The number of pyridine rings is 1. The summed E-state index contributed by atoms with van der Waals surface area (Å²) in [5.74, 6) is 1.44. The van der Waals surface area contributed by atoms with E-state index >= 15 is 0 Å². The predicted molar refractivity (Wildman–Crippen MR) is 109 cm³/mol.